The van der Waals surface area contributed by atoms with Gasteiger partial charge >= 0.3 is 12.1 Å². The number of nitrogens with one attached hydrogen (secondary N) is 2. The molecule has 32 heavy (non-hydrogen) atoms. The third-order valence-corrected chi connectivity index (χ3v) is 5.30. The Hall–Kier alpha value is -3.22. The summed E-state index contributed by atoms with van der Waals surface area (Å²) in [4.78, 5) is 19.7. The Morgan fingerprint density at radius 2 is 1.97 bits per heavy atom. The summed E-state index contributed by atoms with van der Waals surface area (Å²) in [5, 5.41) is 12.5. The third-order valence-electron chi connectivity index (χ3n) is 4.37. The number of carboxylic acid groups (broad SMARTS) is 1. The Bertz CT molecular complexity index is 1250. The zero-order chi connectivity index (χ0) is 23.5. The summed E-state index contributed by atoms with van der Waals surface area (Å²) in [7, 11) is 3.34. The van der Waals surface area contributed by atoms with Crippen LogP contribution in [0.25, 0.3) is 27.0 Å². The van der Waals surface area contributed by atoms with Crippen molar-refractivity contribution in [2.45, 2.75) is 6.18 Å². The molecule has 12 heteroatoms. The monoisotopic (exact) mass is 466 g/mol. The maximum Gasteiger partial charge on any atom is 0.416 e. The van der Waals surface area contributed by atoms with Gasteiger partial charge in [0.1, 0.15) is 0 Å². The molecular weight excluding hydrogens is 447 g/mol. The number of aromatic carboxylic acids is 1. The number of benzene rings is 2. The van der Waals surface area contributed by atoms with Crippen LogP contribution in [0.1, 0.15) is 15.9 Å². The van der Waals surface area contributed by atoms with Gasteiger partial charge < -0.3 is 25.5 Å². The molecular formula is C20H19F3N5O3S-. The van der Waals surface area contributed by atoms with E-state index in [1.54, 1.807) is 24.8 Å². The lowest BCUT2D eigenvalue weighted by atomic mass is 10.2. The molecule has 0 unspecified atom stereocenters. The molecule has 0 saturated carbocycles. The van der Waals surface area contributed by atoms with E-state index >= 15 is 0 Å². The van der Waals surface area contributed by atoms with Crippen LogP contribution in [0.2, 0.25) is 0 Å². The summed E-state index contributed by atoms with van der Waals surface area (Å²) in [5.74, 6) is -0.647. The summed E-state index contributed by atoms with van der Waals surface area (Å²) < 4.78 is 45.2. The van der Waals surface area contributed by atoms with Crippen molar-refractivity contribution in [1.82, 2.24) is 14.5 Å². The van der Waals surface area contributed by atoms with Crippen molar-refractivity contribution in [3.63, 3.8) is 0 Å². The molecule has 170 valence electrons. The Kier molecular flexibility index (Phi) is 6.96. The number of thiazole rings is 1. The first-order chi connectivity index (χ1) is 15.1. The molecule has 0 aliphatic rings. The van der Waals surface area contributed by atoms with Crippen LogP contribution in [0, 0.1) is 0 Å². The van der Waals surface area contributed by atoms with Crippen molar-refractivity contribution in [3.05, 3.63) is 53.3 Å². The van der Waals surface area contributed by atoms with Gasteiger partial charge in [-0.2, -0.15) is 13.2 Å². The Morgan fingerprint density at radius 3 is 2.56 bits per heavy atom. The third kappa shape index (κ3) is 5.15. The molecule has 0 fully saturated rings. The predicted molar refractivity (Wildman–Crippen MR) is 117 cm³/mol. The van der Waals surface area contributed by atoms with Crippen molar-refractivity contribution in [1.29, 1.82) is 0 Å². The van der Waals surface area contributed by atoms with E-state index in [1.165, 1.54) is 18.2 Å². The second kappa shape index (κ2) is 9.51. The molecule has 2 aromatic heterocycles. The van der Waals surface area contributed by atoms with Gasteiger partial charge in [0, 0.05) is 20.8 Å². The van der Waals surface area contributed by atoms with Crippen molar-refractivity contribution < 1.29 is 27.8 Å². The van der Waals surface area contributed by atoms with Crippen LogP contribution in [0.5, 0.6) is 0 Å². The van der Waals surface area contributed by atoms with Gasteiger partial charge in [0.2, 0.25) is 5.95 Å². The van der Waals surface area contributed by atoms with Gasteiger partial charge in [-0.15, -0.1) is 6.54 Å². The topological polar surface area (TPSA) is 113 Å². The molecule has 2 heterocycles. The number of carboxylic acids is 1. The maximum absolute atomic E-state index is 12.8. The first kappa shape index (κ1) is 23.4. The fraction of sp³-hybridized carbons (Fsp3) is 0.250. The predicted octanol–water partition coefficient (Wildman–Crippen LogP) is 5.33. The highest BCUT2D eigenvalue weighted by Crippen LogP contribution is 2.35. The van der Waals surface area contributed by atoms with Crippen LogP contribution in [-0.4, -0.2) is 45.9 Å². The van der Waals surface area contributed by atoms with Gasteiger partial charge in [-0.1, -0.05) is 11.3 Å². The molecule has 0 amide bonds. The number of hydrogen-bond acceptors (Lipinski definition) is 6. The van der Waals surface area contributed by atoms with E-state index in [0.29, 0.717) is 45.5 Å². The van der Waals surface area contributed by atoms with Gasteiger partial charge in [-0.3, -0.25) is 0 Å². The van der Waals surface area contributed by atoms with E-state index in [9.17, 15) is 18.0 Å². The summed E-state index contributed by atoms with van der Waals surface area (Å²) >= 11 is 1.08. The summed E-state index contributed by atoms with van der Waals surface area (Å²) in [6.45, 7) is 0.927. The number of anilines is 2. The van der Waals surface area contributed by atoms with Gasteiger partial charge in [0.15, 0.2) is 5.13 Å². The zero-order valence-electron chi connectivity index (χ0n) is 17.0. The molecule has 0 saturated heterocycles. The average Bonchev–Trinajstić information content (AvgIpc) is 3.28. The van der Waals surface area contributed by atoms with Crippen molar-refractivity contribution in [2.24, 2.45) is 7.05 Å². The lowest BCUT2D eigenvalue weighted by Gasteiger charge is -2.04. The van der Waals surface area contributed by atoms with Crippen LogP contribution in [-0.2, 0) is 18.0 Å². The molecule has 0 bridgehead atoms. The first-order valence-corrected chi connectivity index (χ1v) is 10.0. The number of methoxy groups -OCH3 is 1. The highest BCUT2D eigenvalue weighted by atomic mass is 32.1. The number of alkyl halides is 3. The largest absolute Gasteiger partial charge is 0.676 e. The molecule has 0 radical (unpaired) electrons. The average molecular weight is 466 g/mol. The lowest BCUT2D eigenvalue weighted by Crippen LogP contribution is -2.03. The van der Waals surface area contributed by atoms with Crippen molar-refractivity contribution in [3.8, 4) is 0 Å². The molecule has 0 aliphatic carbocycles. The van der Waals surface area contributed by atoms with Crippen molar-refractivity contribution in [2.75, 3.05) is 25.6 Å². The normalized spacial score (nSPS) is 11.4. The van der Waals surface area contributed by atoms with E-state index in [2.05, 4.69) is 20.0 Å². The van der Waals surface area contributed by atoms with Crippen molar-refractivity contribution >= 4 is 49.6 Å². The minimum absolute atomic E-state index is 0.117. The molecule has 0 atom stereocenters. The number of aromatic nitrogens is 3. The lowest BCUT2D eigenvalue weighted by molar-refractivity contribution is -0.137. The Balaban J connectivity index is 0.000000523. The molecule has 8 nitrogen and oxygen atoms in total. The number of carbonyl (C=O) groups is 1. The number of halogens is 3. The standard InChI is InChI=1S/C17H11F3N4O2S.C3H8NO/c1-24-12-5-2-8(14(25)26)6-11(12)21-15(24)23-16-22-10-4-3-9(17(18,19)20)7-13(10)27-16;1-5-3-2-4/h2-7H,1H3,(H,25,26)(H,21,22,23);4H,2-3H2,1H3/q;-1. The maximum atomic E-state index is 12.8. The second-order valence-electron chi connectivity index (χ2n) is 6.57. The number of rotatable bonds is 5. The Labute approximate surface area is 184 Å². The van der Waals surface area contributed by atoms with E-state index < -0.39 is 17.7 Å². The van der Waals surface area contributed by atoms with E-state index in [-0.39, 0.29) is 5.56 Å². The molecule has 2 aromatic carbocycles. The number of fused-ring (bicyclic) bond motifs is 2. The SMILES string of the molecule is COCC[NH-].Cn1c(Nc2nc3ccc(C(F)(F)F)cc3s2)nc2cc(C(=O)O)ccc21. The van der Waals surface area contributed by atoms with Crippen LogP contribution >= 0.6 is 11.3 Å². The number of aryl methyl sites for hydroxylation is 1. The van der Waals surface area contributed by atoms with Gasteiger partial charge in [-0.25, -0.2) is 14.8 Å². The fourth-order valence-electron chi connectivity index (χ4n) is 2.80. The van der Waals surface area contributed by atoms with Gasteiger partial charge in [0.25, 0.3) is 0 Å². The Morgan fingerprint density at radius 1 is 1.22 bits per heavy atom. The highest BCUT2D eigenvalue weighted by molar-refractivity contribution is 7.22. The minimum atomic E-state index is -4.41. The van der Waals surface area contributed by atoms with Crippen LogP contribution in [0.3, 0.4) is 0 Å². The molecule has 3 N–H and O–H groups in total. The quantitative estimate of drug-likeness (QED) is 0.411. The molecule has 0 spiro atoms. The summed E-state index contributed by atoms with van der Waals surface area (Å²) in [6.07, 6.45) is -4.41. The fourth-order valence-corrected chi connectivity index (χ4v) is 3.70. The summed E-state index contributed by atoms with van der Waals surface area (Å²) in [6, 6.07) is 7.96. The van der Waals surface area contributed by atoms with Gasteiger partial charge in [0.05, 0.1) is 32.4 Å². The van der Waals surface area contributed by atoms with E-state index in [1.807, 2.05) is 0 Å². The molecule has 4 aromatic rings. The van der Waals surface area contributed by atoms with E-state index in [0.717, 1.165) is 23.5 Å². The summed E-state index contributed by atoms with van der Waals surface area (Å²) in [5.41, 5.74) is 7.51. The highest BCUT2D eigenvalue weighted by Gasteiger charge is 2.30. The smallest absolute Gasteiger partial charge is 0.416 e. The molecule has 4 rings (SSSR count). The number of imidazole rings is 1. The number of ether oxygens (including phenoxy) is 1. The number of hydrogen-bond donors (Lipinski definition) is 2. The zero-order valence-corrected chi connectivity index (χ0v) is 17.8. The van der Waals surface area contributed by atoms with Gasteiger partial charge in [-0.05, 0) is 36.4 Å². The van der Waals surface area contributed by atoms with Crippen LogP contribution in [0.15, 0.2) is 36.4 Å². The minimum Gasteiger partial charge on any atom is -0.676 e. The van der Waals surface area contributed by atoms with E-state index in [4.69, 9.17) is 10.8 Å². The second-order valence-corrected chi connectivity index (χ2v) is 7.60. The first-order valence-electron chi connectivity index (χ1n) is 9.22. The number of nitrogens with zero attached hydrogens (tertiary/aromatic N) is 3. The van der Waals surface area contributed by atoms with Crippen LogP contribution in [0.4, 0.5) is 24.3 Å². The van der Waals surface area contributed by atoms with Crippen LogP contribution < -0.4 is 5.32 Å². The molecule has 0 aliphatic heterocycles.